The zero-order chi connectivity index (χ0) is 27.8. The van der Waals surface area contributed by atoms with Gasteiger partial charge in [0.05, 0.1) is 17.1 Å². The SMILES string of the molecule is CC=CN1CCC[C@@H](n2nc(-c3ccc(NC(=O)c4cccc(N(C)C)c4)c4c3OCO4)c3c(N)ncnc32)C1. The number of aromatic nitrogens is 4. The number of allylic oxidation sites excluding steroid dienone is 1. The predicted octanol–water partition coefficient (Wildman–Crippen LogP) is 4.29. The molecule has 40 heavy (non-hydrogen) atoms. The second kappa shape index (κ2) is 10.4. The first kappa shape index (κ1) is 25.5. The zero-order valence-corrected chi connectivity index (χ0v) is 22.8. The maximum atomic E-state index is 13.1. The molecule has 4 heterocycles. The van der Waals surface area contributed by atoms with Crippen LogP contribution in [-0.2, 0) is 0 Å². The molecule has 1 fully saturated rings. The van der Waals surface area contributed by atoms with Crippen LogP contribution in [0, 0.1) is 0 Å². The second-order valence-corrected chi connectivity index (χ2v) is 10.1. The third-order valence-corrected chi connectivity index (χ3v) is 7.30. The molecule has 0 unspecified atom stereocenters. The standard InChI is InChI=1S/C29H32N8O3/c1-4-12-36-13-6-9-20(15-36)37-28-23(27(30)31-16-32-28)24(34-37)21-10-11-22(26-25(21)39-17-40-26)33-29(38)18-7-5-8-19(14-18)35(2)3/h4-5,7-8,10-12,14,16,20H,6,9,13,15,17H2,1-3H3,(H,33,38)(H2,30,31,32)/t20-/m1/s1. The largest absolute Gasteiger partial charge is 0.453 e. The Balaban J connectivity index is 1.38. The number of ether oxygens (including phenoxy) is 2. The fraction of sp³-hybridized carbons (Fsp3) is 0.310. The molecule has 2 aliphatic rings. The molecule has 11 heteroatoms. The summed E-state index contributed by atoms with van der Waals surface area (Å²) in [4.78, 5) is 26.2. The van der Waals surface area contributed by atoms with Gasteiger partial charge >= 0.3 is 0 Å². The van der Waals surface area contributed by atoms with Crippen LogP contribution in [0.1, 0.15) is 36.2 Å². The van der Waals surface area contributed by atoms with Gasteiger partial charge in [-0.2, -0.15) is 5.10 Å². The average Bonchev–Trinajstić information content (AvgIpc) is 3.61. The molecule has 0 bridgehead atoms. The number of carbonyl (C=O) groups is 1. The Morgan fingerprint density at radius 2 is 2.02 bits per heavy atom. The molecule has 0 radical (unpaired) electrons. The molecule has 1 atom stereocenters. The Morgan fingerprint density at radius 3 is 2.85 bits per heavy atom. The van der Waals surface area contributed by atoms with E-state index in [2.05, 4.69) is 32.5 Å². The van der Waals surface area contributed by atoms with Crippen molar-refractivity contribution >= 4 is 34.1 Å². The Morgan fingerprint density at radius 1 is 1.18 bits per heavy atom. The number of nitrogens with two attached hydrogens (primary N) is 1. The third kappa shape index (κ3) is 4.53. The van der Waals surface area contributed by atoms with Gasteiger partial charge < -0.3 is 30.3 Å². The Hall–Kier alpha value is -4.80. The molecule has 4 aromatic rings. The lowest BCUT2D eigenvalue weighted by atomic mass is 10.1. The van der Waals surface area contributed by atoms with Crippen molar-refractivity contribution in [1.29, 1.82) is 0 Å². The van der Waals surface area contributed by atoms with E-state index in [9.17, 15) is 4.79 Å². The molecule has 3 N–H and O–H groups in total. The number of nitrogen functional groups attached to an aromatic ring is 1. The molecular weight excluding hydrogens is 508 g/mol. The highest BCUT2D eigenvalue weighted by molar-refractivity contribution is 6.07. The van der Waals surface area contributed by atoms with Crippen LogP contribution in [0.25, 0.3) is 22.3 Å². The molecule has 0 saturated carbocycles. The number of fused-ring (bicyclic) bond motifs is 2. The van der Waals surface area contributed by atoms with E-state index < -0.39 is 0 Å². The summed E-state index contributed by atoms with van der Waals surface area (Å²) in [7, 11) is 3.87. The zero-order valence-electron chi connectivity index (χ0n) is 22.8. The van der Waals surface area contributed by atoms with Gasteiger partial charge in [-0.25, -0.2) is 14.6 Å². The van der Waals surface area contributed by atoms with Gasteiger partial charge in [0.1, 0.15) is 17.8 Å². The van der Waals surface area contributed by atoms with Gasteiger partial charge in [-0.15, -0.1) is 0 Å². The number of likely N-dealkylation sites (tertiary alicyclic amines) is 1. The van der Waals surface area contributed by atoms with Gasteiger partial charge in [-0.1, -0.05) is 12.1 Å². The summed E-state index contributed by atoms with van der Waals surface area (Å²) < 4.78 is 13.7. The second-order valence-electron chi connectivity index (χ2n) is 10.1. The Bertz CT molecular complexity index is 1610. The summed E-state index contributed by atoms with van der Waals surface area (Å²) in [6.45, 7) is 3.88. The fourth-order valence-corrected chi connectivity index (χ4v) is 5.37. The van der Waals surface area contributed by atoms with Gasteiger partial charge in [0, 0.05) is 44.0 Å². The van der Waals surface area contributed by atoms with E-state index in [0.717, 1.165) is 31.6 Å². The highest BCUT2D eigenvalue weighted by Gasteiger charge is 2.30. The number of benzene rings is 2. The Labute approximate surface area is 232 Å². The number of amides is 1. The molecule has 6 rings (SSSR count). The molecule has 11 nitrogen and oxygen atoms in total. The summed E-state index contributed by atoms with van der Waals surface area (Å²) in [5.74, 6) is 1.04. The third-order valence-electron chi connectivity index (χ3n) is 7.30. The van der Waals surface area contributed by atoms with E-state index >= 15 is 0 Å². The van der Waals surface area contributed by atoms with Crippen molar-refractivity contribution in [2.24, 2.45) is 0 Å². The minimum Gasteiger partial charge on any atom is -0.453 e. The van der Waals surface area contributed by atoms with Gasteiger partial charge in [0.25, 0.3) is 5.91 Å². The van der Waals surface area contributed by atoms with Crippen molar-refractivity contribution in [3.63, 3.8) is 0 Å². The van der Waals surface area contributed by atoms with Crippen LogP contribution in [0.3, 0.4) is 0 Å². The number of piperidine rings is 1. The van der Waals surface area contributed by atoms with Crippen molar-refractivity contribution in [2.75, 3.05) is 49.9 Å². The van der Waals surface area contributed by atoms with Crippen LogP contribution >= 0.6 is 0 Å². The van der Waals surface area contributed by atoms with E-state index in [1.54, 1.807) is 12.1 Å². The molecule has 0 spiro atoms. The molecule has 1 saturated heterocycles. The first-order valence-electron chi connectivity index (χ1n) is 13.3. The molecule has 0 aliphatic carbocycles. The fourth-order valence-electron chi connectivity index (χ4n) is 5.37. The molecule has 2 aromatic carbocycles. The molecule has 2 aliphatic heterocycles. The number of nitrogens with zero attached hydrogens (tertiary/aromatic N) is 6. The number of hydrogen-bond acceptors (Lipinski definition) is 9. The minimum atomic E-state index is -0.246. The summed E-state index contributed by atoms with van der Waals surface area (Å²) in [5, 5.41) is 8.68. The molecule has 1 amide bonds. The summed E-state index contributed by atoms with van der Waals surface area (Å²) in [5.41, 5.74) is 10.4. The maximum absolute atomic E-state index is 13.1. The lowest BCUT2D eigenvalue weighted by Crippen LogP contribution is -2.33. The van der Waals surface area contributed by atoms with Gasteiger partial charge in [0.15, 0.2) is 17.1 Å². The van der Waals surface area contributed by atoms with E-state index in [4.69, 9.17) is 20.3 Å². The van der Waals surface area contributed by atoms with Gasteiger partial charge in [-0.3, -0.25) is 4.79 Å². The smallest absolute Gasteiger partial charge is 0.255 e. The van der Waals surface area contributed by atoms with Crippen molar-refractivity contribution in [3.05, 3.63) is 60.6 Å². The number of hydrogen-bond donors (Lipinski definition) is 2. The number of anilines is 3. The lowest BCUT2D eigenvalue weighted by Gasteiger charge is -2.32. The summed E-state index contributed by atoms with van der Waals surface area (Å²) in [6.07, 6.45) is 7.66. The minimum absolute atomic E-state index is 0.0247. The summed E-state index contributed by atoms with van der Waals surface area (Å²) in [6, 6.07) is 11.2. The first-order chi connectivity index (χ1) is 19.4. The van der Waals surface area contributed by atoms with Crippen LogP contribution < -0.4 is 25.4 Å². The van der Waals surface area contributed by atoms with Crippen molar-refractivity contribution in [3.8, 4) is 22.8 Å². The molecule has 206 valence electrons. The monoisotopic (exact) mass is 540 g/mol. The molecular formula is C29H32N8O3. The maximum Gasteiger partial charge on any atom is 0.255 e. The van der Waals surface area contributed by atoms with Crippen LogP contribution in [0.2, 0.25) is 0 Å². The van der Waals surface area contributed by atoms with Crippen LogP contribution in [-0.4, -0.2) is 64.5 Å². The lowest BCUT2D eigenvalue weighted by molar-refractivity contribution is 0.102. The van der Waals surface area contributed by atoms with Crippen LogP contribution in [0.5, 0.6) is 11.5 Å². The topological polar surface area (TPSA) is 124 Å². The first-order valence-corrected chi connectivity index (χ1v) is 13.3. The van der Waals surface area contributed by atoms with E-state index in [1.807, 2.05) is 54.9 Å². The van der Waals surface area contributed by atoms with Crippen molar-refractivity contribution in [2.45, 2.75) is 25.8 Å². The van der Waals surface area contributed by atoms with Crippen LogP contribution in [0.4, 0.5) is 17.2 Å². The Kier molecular flexibility index (Phi) is 6.63. The highest BCUT2D eigenvalue weighted by Crippen LogP contribution is 2.48. The summed E-state index contributed by atoms with van der Waals surface area (Å²) >= 11 is 0. The van der Waals surface area contributed by atoms with E-state index in [-0.39, 0.29) is 18.7 Å². The van der Waals surface area contributed by atoms with E-state index in [1.165, 1.54) is 6.33 Å². The number of nitrogens with one attached hydrogen (secondary N) is 1. The predicted molar refractivity (Wildman–Crippen MR) is 155 cm³/mol. The highest BCUT2D eigenvalue weighted by atomic mass is 16.7. The quantitative estimate of drug-likeness (QED) is 0.368. The number of carbonyl (C=O) groups excluding carboxylic acids is 1. The molecule has 2 aromatic heterocycles. The number of rotatable bonds is 6. The average molecular weight is 541 g/mol. The van der Waals surface area contributed by atoms with Crippen LogP contribution in [0.15, 0.2) is 55.0 Å². The normalized spacial score (nSPS) is 16.6. The van der Waals surface area contributed by atoms with Gasteiger partial charge in [-0.05, 0) is 56.3 Å². The van der Waals surface area contributed by atoms with E-state index in [0.29, 0.717) is 50.9 Å². The van der Waals surface area contributed by atoms with Crippen molar-refractivity contribution < 1.29 is 14.3 Å². The van der Waals surface area contributed by atoms with Gasteiger partial charge in [0.2, 0.25) is 6.79 Å². The van der Waals surface area contributed by atoms with Crippen molar-refractivity contribution in [1.82, 2.24) is 24.6 Å².